The fourth-order valence-corrected chi connectivity index (χ4v) is 1.52. The van der Waals surface area contributed by atoms with E-state index >= 15 is 0 Å². The molecule has 0 bridgehead atoms. The van der Waals surface area contributed by atoms with E-state index < -0.39 is 0 Å². The van der Waals surface area contributed by atoms with E-state index in [1.807, 2.05) is 12.1 Å². The maximum Gasteiger partial charge on any atom is -0.00960 e. The average molecular weight is 182 g/mol. The van der Waals surface area contributed by atoms with E-state index in [0.29, 0.717) is 0 Å². The molecule has 0 heterocycles. The first-order valence-electron chi connectivity index (χ1n) is 4.90. The normalized spacial score (nSPS) is 11.9. The van der Waals surface area contributed by atoms with Crippen molar-refractivity contribution in [2.75, 3.05) is 0 Å². The van der Waals surface area contributed by atoms with Crippen LogP contribution >= 0.6 is 0 Å². The Kier molecular flexibility index (Phi) is 2.07. The fraction of sp³-hybridized carbons (Fsp3) is 0.286. The molecular formula is C14H14. The van der Waals surface area contributed by atoms with Crippen molar-refractivity contribution in [1.82, 2.24) is 0 Å². The van der Waals surface area contributed by atoms with Crippen LogP contribution < -0.4 is 0 Å². The van der Waals surface area contributed by atoms with Crippen molar-refractivity contribution in [2.24, 2.45) is 0 Å². The van der Waals surface area contributed by atoms with Gasteiger partial charge in [0, 0.05) is 0 Å². The maximum atomic E-state index is 3.23. The lowest BCUT2D eigenvalue weighted by Crippen LogP contribution is -2.10. The Morgan fingerprint density at radius 1 is 0.929 bits per heavy atom. The molecule has 0 nitrogen and oxygen atoms in total. The van der Waals surface area contributed by atoms with Gasteiger partial charge in [0.2, 0.25) is 0 Å². The number of fused-ring (bicyclic) bond motifs is 1. The van der Waals surface area contributed by atoms with Gasteiger partial charge < -0.3 is 0 Å². The van der Waals surface area contributed by atoms with Crippen LogP contribution in [0.15, 0.2) is 30.3 Å². The van der Waals surface area contributed by atoms with Crippen molar-refractivity contribution in [3.63, 3.8) is 0 Å². The molecule has 0 saturated heterocycles. The molecule has 0 spiro atoms. The molecule has 0 aliphatic heterocycles. The Morgan fingerprint density at radius 2 is 1.57 bits per heavy atom. The third-order valence-corrected chi connectivity index (χ3v) is 2.45. The number of rotatable bonds is 0. The second kappa shape index (κ2) is 3.13. The molecule has 0 fully saturated rings. The van der Waals surface area contributed by atoms with E-state index in [9.17, 15) is 0 Å². The minimum absolute atomic E-state index is 0.206. The van der Waals surface area contributed by atoms with Gasteiger partial charge in [0.25, 0.3) is 0 Å². The Labute approximate surface area is 85.6 Å². The van der Waals surface area contributed by atoms with Crippen LogP contribution in [0, 0.1) is 12.1 Å². The zero-order chi connectivity index (χ0) is 10.2. The summed E-state index contributed by atoms with van der Waals surface area (Å²) in [5.74, 6) is 0. The lowest BCUT2D eigenvalue weighted by Gasteiger charge is -2.19. The van der Waals surface area contributed by atoms with E-state index in [4.69, 9.17) is 0 Å². The monoisotopic (exact) mass is 182 g/mol. The Morgan fingerprint density at radius 3 is 2.21 bits per heavy atom. The van der Waals surface area contributed by atoms with E-state index in [2.05, 4.69) is 51.1 Å². The van der Waals surface area contributed by atoms with E-state index in [0.717, 1.165) is 10.8 Å². The predicted molar refractivity (Wildman–Crippen MR) is 60.3 cm³/mol. The molecule has 2 rings (SSSR count). The van der Waals surface area contributed by atoms with Gasteiger partial charge in [0.15, 0.2) is 0 Å². The van der Waals surface area contributed by atoms with Crippen molar-refractivity contribution in [3.8, 4) is 0 Å². The average Bonchev–Trinajstić information content (AvgIpc) is 2.16. The first-order valence-corrected chi connectivity index (χ1v) is 4.90. The highest BCUT2D eigenvalue weighted by Gasteiger charge is 2.13. The molecule has 0 unspecified atom stereocenters. The zero-order valence-electron chi connectivity index (χ0n) is 8.89. The van der Waals surface area contributed by atoms with Crippen molar-refractivity contribution >= 4 is 10.8 Å². The van der Waals surface area contributed by atoms with Crippen LogP contribution in [0.4, 0.5) is 0 Å². The number of benzene rings is 2. The molecule has 0 amide bonds. The van der Waals surface area contributed by atoms with Crippen molar-refractivity contribution in [3.05, 3.63) is 48.0 Å². The summed E-state index contributed by atoms with van der Waals surface area (Å²) in [6.07, 6.45) is 0. The van der Waals surface area contributed by atoms with Gasteiger partial charge in [-0.1, -0.05) is 45.0 Å². The summed E-state index contributed by atoms with van der Waals surface area (Å²) in [6, 6.07) is 16.7. The van der Waals surface area contributed by atoms with Crippen LogP contribution in [0.3, 0.4) is 0 Å². The molecule has 14 heavy (non-hydrogen) atoms. The maximum absolute atomic E-state index is 3.23. The van der Waals surface area contributed by atoms with Gasteiger partial charge >= 0.3 is 0 Å². The number of hydrogen-bond donors (Lipinski definition) is 0. The summed E-state index contributed by atoms with van der Waals surface area (Å²) in [6.45, 7) is 6.67. The predicted octanol–water partition coefficient (Wildman–Crippen LogP) is 3.74. The lowest BCUT2D eigenvalue weighted by atomic mass is 9.86. The van der Waals surface area contributed by atoms with Crippen LogP contribution in [-0.2, 0) is 5.41 Å². The van der Waals surface area contributed by atoms with Gasteiger partial charge in [0.1, 0.15) is 0 Å². The molecule has 0 aliphatic carbocycles. The van der Waals surface area contributed by atoms with E-state index in [-0.39, 0.29) is 5.41 Å². The van der Waals surface area contributed by atoms with Gasteiger partial charge in [0.05, 0.1) is 0 Å². The molecule has 0 heteroatoms. The molecule has 2 aromatic carbocycles. The molecule has 2 aromatic rings. The van der Waals surface area contributed by atoms with Crippen LogP contribution in [-0.4, -0.2) is 0 Å². The summed E-state index contributed by atoms with van der Waals surface area (Å²) < 4.78 is 0. The highest BCUT2D eigenvalue weighted by atomic mass is 14.2. The topological polar surface area (TPSA) is 0 Å². The molecule has 0 N–H and O–H groups in total. The highest BCUT2D eigenvalue weighted by molar-refractivity contribution is 5.82. The minimum atomic E-state index is 0.206. The van der Waals surface area contributed by atoms with Crippen molar-refractivity contribution < 1.29 is 0 Å². The van der Waals surface area contributed by atoms with Gasteiger partial charge in [-0.3, -0.25) is 0 Å². The smallest absolute Gasteiger partial charge is 0.00960 e. The first-order chi connectivity index (χ1) is 6.57. The third-order valence-electron chi connectivity index (χ3n) is 2.45. The summed E-state index contributed by atoms with van der Waals surface area (Å²) >= 11 is 0. The summed E-state index contributed by atoms with van der Waals surface area (Å²) in [7, 11) is 0. The van der Waals surface area contributed by atoms with Crippen molar-refractivity contribution in [2.45, 2.75) is 26.2 Å². The largest absolute Gasteiger partial charge is 0.0578 e. The minimum Gasteiger partial charge on any atom is -0.0578 e. The van der Waals surface area contributed by atoms with E-state index in [1.54, 1.807) is 0 Å². The quantitative estimate of drug-likeness (QED) is 0.582. The lowest BCUT2D eigenvalue weighted by molar-refractivity contribution is 0.591. The summed E-state index contributed by atoms with van der Waals surface area (Å²) in [5.41, 5.74) is 1.55. The molecule has 0 aromatic heterocycles. The molecule has 0 aliphatic rings. The molecule has 0 atom stereocenters. The summed E-state index contributed by atoms with van der Waals surface area (Å²) in [4.78, 5) is 0. The van der Waals surface area contributed by atoms with Gasteiger partial charge in [-0.25, -0.2) is 0 Å². The first kappa shape index (κ1) is 9.26. The Hall–Kier alpha value is -1.30. The summed E-state index contributed by atoms with van der Waals surface area (Å²) in [5, 5.41) is 2.29. The van der Waals surface area contributed by atoms with Crippen LogP contribution in [0.1, 0.15) is 26.3 Å². The fourth-order valence-electron chi connectivity index (χ4n) is 1.52. The standard InChI is InChI=1S/C14H14/c1-14(2,3)13-9-8-11-6-4-5-7-12(11)10-13/h4-5,8-10H,1-3H3. The third kappa shape index (κ3) is 1.65. The Bertz CT molecular complexity index is 447. The Balaban J connectivity index is 2.63. The van der Waals surface area contributed by atoms with E-state index in [1.165, 1.54) is 5.56 Å². The van der Waals surface area contributed by atoms with Gasteiger partial charge in [-0.2, -0.15) is 0 Å². The molecular weight excluding hydrogens is 168 g/mol. The second-order valence-corrected chi connectivity index (χ2v) is 4.63. The van der Waals surface area contributed by atoms with Crippen LogP contribution in [0.25, 0.3) is 10.8 Å². The molecule has 2 radical (unpaired) electrons. The van der Waals surface area contributed by atoms with Crippen molar-refractivity contribution in [1.29, 1.82) is 0 Å². The molecule has 70 valence electrons. The van der Waals surface area contributed by atoms with Gasteiger partial charge in [-0.15, -0.1) is 0 Å². The second-order valence-electron chi connectivity index (χ2n) is 4.63. The molecule has 0 saturated carbocycles. The van der Waals surface area contributed by atoms with Gasteiger partial charge in [-0.05, 0) is 39.9 Å². The van der Waals surface area contributed by atoms with Crippen LogP contribution in [0.5, 0.6) is 0 Å². The number of hydrogen-bond acceptors (Lipinski definition) is 0. The SMILES string of the molecule is CC(C)(C)c1ccc2[c]cc[c]c2c1. The highest BCUT2D eigenvalue weighted by Crippen LogP contribution is 2.25. The zero-order valence-corrected chi connectivity index (χ0v) is 8.89. The van der Waals surface area contributed by atoms with Crippen LogP contribution in [0.2, 0.25) is 0 Å².